The van der Waals surface area contributed by atoms with Gasteiger partial charge in [-0.1, -0.05) is 90.8 Å². The second-order valence-electron chi connectivity index (χ2n) is 19.8. The Labute approximate surface area is 449 Å². The number of benzene rings is 6. The molecule has 2 fully saturated rings. The fraction of sp³-hybridized carbons (Fsp3) is 0.375. The highest BCUT2D eigenvalue weighted by Gasteiger charge is 2.42. The van der Waals surface area contributed by atoms with Gasteiger partial charge in [-0.05, 0) is 225 Å². The van der Waals surface area contributed by atoms with Crippen molar-refractivity contribution in [2.24, 2.45) is 0 Å². The van der Waals surface area contributed by atoms with E-state index in [2.05, 4.69) is 53.1 Å². The van der Waals surface area contributed by atoms with E-state index in [1.54, 1.807) is 67.6 Å². The molecular formula is C64H72Cl2N2O6. The van der Waals surface area contributed by atoms with Crippen LogP contribution in [0.4, 0.5) is 0 Å². The van der Waals surface area contributed by atoms with Crippen molar-refractivity contribution in [3.8, 4) is 11.5 Å². The maximum atomic E-state index is 13.2. The zero-order valence-electron chi connectivity index (χ0n) is 43.3. The number of unbranched alkanes of at least 4 members (excludes halogenated alkanes) is 4. The van der Waals surface area contributed by atoms with Gasteiger partial charge in [0.05, 0.1) is 24.0 Å². The van der Waals surface area contributed by atoms with Gasteiger partial charge in [-0.15, -0.1) is 0 Å². The van der Waals surface area contributed by atoms with Crippen molar-refractivity contribution in [3.63, 3.8) is 0 Å². The number of hydrogen-bond donors (Lipinski definition) is 0. The van der Waals surface area contributed by atoms with E-state index in [4.69, 9.17) is 32.7 Å². The number of carbonyl (C=O) groups excluding carboxylic acids is 4. The number of ketones is 4. The normalized spacial score (nSPS) is 15.3. The molecule has 0 bridgehead atoms. The second kappa shape index (κ2) is 28.1. The highest BCUT2D eigenvalue weighted by Crippen LogP contribution is 2.39. The summed E-state index contributed by atoms with van der Waals surface area (Å²) in [4.78, 5) is 55.9. The van der Waals surface area contributed by atoms with Gasteiger partial charge in [0.15, 0.2) is 11.6 Å². The van der Waals surface area contributed by atoms with Crippen molar-refractivity contribution in [1.82, 2.24) is 9.80 Å². The largest absolute Gasteiger partial charge is 0.494 e. The molecule has 0 N–H and O–H groups in total. The fourth-order valence-electron chi connectivity index (χ4n) is 10.4. The van der Waals surface area contributed by atoms with Crippen LogP contribution in [0.25, 0.3) is 0 Å². The van der Waals surface area contributed by atoms with Gasteiger partial charge in [0.25, 0.3) is 0 Å². The number of hydrogen-bond acceptors (Lipinski definition) is 8. The van der Waals surface area contributed by atoms with Crippen LogP contribution in [-0.2, 0) is 20.4 Å². The SMILES string of the molecule is CC(=O)C1(c2ccccc2)CCN(CCCCCOc2ccc(C(=O)c3ccc(Cl)cc3)cc2)CC1.CCCC(=O)C1(c2ccccc2)CCN(CCCCCOc2ccc(C(=O)c3ccc(Cl)cc3)cc2)CC1. The number of carbonyl (C=O) groups is 4. The van der Waals surface area contributed by atoms with Gasteiger partial charge < -0.3 is 19.3 Å². The molecule has 2 aliphatic rings. The molecule has 0 aliphatic carbocycles. The average molecular weight is 1040 g/mol. The molecule has 0 amide bonds. The van der Waals surface area contributed by atoms with E-state index >= 15 is 0 Å². The molecule has 0 spiro atoms. The summed E-state index contributed by atoms with van der Waals surface area (Å²) in [6.07, 6.45) is 11.6. The summed E-state index contributed by atoms with van der Waals surface area (Å²) in [5.74, 6) is 2.20. The molecule has 8 rings (SSSR count). The summed E-state index contributed by atoms with van der Waals surface area (Å²) in [6.45, 7) is 11.2. The molecular weight excluding hydrogens is 964 g/mol. The third-order valence-electron chi connectivity index (χ3n) is 15.0. The summed E-state index contributed by atoms with van der Waals surface area (Å²) in [6, 6.07) is 49.2. The Morgan fingerprint density at radius 3 is 1.18 bits per heavy atom. The van der Waals surface area contributed by atoms with Crippen molar-refractivity contribution in [2.75, 3.05) is 52.5 Å². The quantitative estimate of drug-likeness (QED) is 0.0437. The van der Waals surface area contributed by atoms with Gasteiger partial charge in [0.2, 0.25) is 0 Å². The van der Waals surface area contributed by atoms with E-state index in [-0.39, 0.29) is 28.2 Å². The van der Waals surface area contributed by atoms with Crippen LogP contribution >= 0.6 is 23.2 Å². The van der Waals surface area contributed by atoms with Gasteiger partial charge >= 0.3 is 0 Å². The molecule has 0 radical (unpaired) electrons. The Morgan fingerprint density at radius 1 is 0.459 bits per heavy atom. The van der Waals surface area contributed by atoms with Crippen LogP contribution in [0.3, 0.4) is 0 Å². The molecule has 0 saturated carbocycles. The zero-order chi connectivity index (χ0) is 52.2. The van der Waals surface area contributed by atoms with Crippen LogP contribution in [0.1, 0.15) is 134 Å². The van der Waals surface area contributed by atoms with Gasteiger partial charge in [0.1, 0.15) is 23.1 Å². The molecule has 2 saturated heterocycles. The van der Waals surface area contributed by atoms with Crippen molar-refractivity contribution < 1.29 is 28.7 Å². The number of ether oxygens (including phenoxy) is 2. The number of nitrogens with zero attached hydrogens (tertiary/aromatic N) is 2. The summed E-state index contributed by atoms with van der Waals surface area (Å²) < 4.78 is 11.8. The lowest BCUT2D eigenvalue weighted by Gasteiger charge is -2.41. The Kier molecular flexibility index (Phi) is 21.2. The second-order valence-corrected chi connectivity index (χ2v) is 20.7. The fourth-order valence-corrected chi connectivity index (χ4v) is 10.7. The van der Waals surface area contributed by atoms with Crippen molar-refractivity contribution in [3.05, 3.63) is 201 Å². The number of piperidine rings is 2. The van der Waals surface area contributed by atoms with Crippen LogP contribution in [0.5, 0.6) is 11.5 Å². The molecule has 8 nitrogen and oxygen atoms in total. The third-order valence-corrected chi connectivity index (χ3v) is 15.5. The van der Waals surface area contributed by atoms with Crippen molar-refractivity contribution >= 4 is 46.3 Å². The highest BCUT2D eigenvalue weighted by atomic mass is 35.5. The van der Waals surface area contributed by atoms with Crippen molar-refractivity contribution in [2.45, 2.75) is 102 Å². The van der Waals surface area contributed by atoms with Gasteiger partial charge in [-0.2, -0.15) is 0 Å². The monoisotopic (exact) mass is 1030 g/mol. The van der Waals surface area contributed by atoms with Crippen LogP contribution in [0.2, 0.25) is 10.0 Å². The molecule has 0 unspecified atom stereocenters. The molecule has 2 aliphatic heterocycles. The van der Waals surface area contributed by atoms with E-state index in [0.717, 1.165) is 127 Å². The number of likely N-dealkylation sites (tertiary alicyclic amines) is 2. The van der Waals surface area contributed by atoms with Crippen molar-refractivity contribution in [1.29, 1.82) is 0 Å². The molecule has 0 atom stereocenters. The Hall–Kier alpha value is -5.90. The first kappa shape index (κ1) is 55.8. The van der Waals surface area contributed by atoms with Gasteiger partial charge in [0, 0.05) is 38.7 Å². The summed E-state index contributed by atoms with van der Waals surface area (Å²) in [7, 11) is 0. The molecule has 6 aromatic rings. The molecule has 6 aromatic carbocycles. The standard InChI is InChI=1S/C33H38ClNO3.C31H34ClNO3/c1-2-9-31(36)33(28-10-5-3-6-11-28)20-23-35(24-21-33)22-7-4-8-25-38-30-18-14-27(15-19-30)32(37)26-12-16-29(34)17-13-26;1-24(34)31(27-8-4-2-5-9-27)18-21-33(22-19-31)20-6-3-7-23-36-29-16-12-26(13-17-29)30(35)25-10-14-28(32)15-11-25/h3,5-6,10-19H,2,4,7-9,20-25H2,1H3;2,4-5,8-17H,3,6-7,18-23H2,1H3. The lowest BCUT2D eigenvalue weighted by Crippen LogP contribution is -2.47. The van der Waals surface area contributed by atoms with E-state index in [9.17, 15) is 19.2 Å². The third kappa shape index (κ3) is 15.3. The van der Waals surface area contributed by atoms with Gasteiger partial charge in [-0.25, -0.2) is 0 Å². The Bertz CT molecular complexity index is 2680. The van der Waals surface area contributed by atoms with E-state index in [1.165, 1.54) is 5.56 Å². The van der Waals surface area contributed by atoms with E-state index in [0.29, 0.717) is 57.7 Å². The maximum Gasteiger partial charge on any atom is 0.193 e. The number of halogens is 2. The smallest absolute Gasteiger partial charge is 0.193 e. The minimum atomic E-state index is -0.319. The van der Waals surface area contributed by atoms with E-state index < -0.39 is 0 Å². The molecule has 2 heterocycles. The molecule has 74 heavy (non-hydrogen) atoms. The number of rotatable bonds is 24. The average Bonchev–Trinajstić information content (AvgIpc) is 3.44. The lowest BCUT2D eigenvalue weighted by molar-refractivity contribution is -0.126. The molecule has 388 valence electrons. The Morgan fingerprint density at radius 2 is 0.811 bits per heavy atom. The van der Waals surface area contributed by atoms with Crippen LogP contribution in [0.15, 0.2) is 158 Å². The highest BCUT2D eigenvalue weighted by molar-refractivity contribution is 6.31. The Balaban J connectivity index is 0.000000217. The summed E-state index contributed by atoms with van der Waals surface area (Å²) in [5.41, 5.74) is 4.23. The number of Topliss-reactive ketones (excluding diaryl/α,β-unsaturated/α-hetero) is 2. The lowest BCUT2D eigenvalue weighted by atomic mass is 9.68. The van der Waals surface area contributed by atoms with Crippen LogP contribution in [-0.4, -0.2) is 85.4 Å². The summed E-state index contributed by atoms with van der Waals surface area (Å²) in [5, 5.41) is 1.23. The first-order valence-corrected chi connectivity index (χ1v) is 27.4. The molecule has 0 aromatic heterocycles. The van der Waals surface area contributed by atoms with Crippen LogP contribution in [0, 0.1) is 0 Å². The van der Waals surface area contributed by atoms with Gasteiger partial charge in [-0.3, -0.25) is 19.2 Å². The topological polar surface area (TPSA) is 93.2 Å². The van der Waals surface area contributed by atoms with E-state index in [1.807, 2.05) is 60.7 Å². The maximum absolute atomic E-state index is 13.2. The minimum Gasteiger partial charge on any atom is -0.494 e. The predicted molar refractivity (Wildman–Crippen MR) is 300 cm³/mol. The molecule has 10 heteroatoms. The minimum absolute atomic E-state index is 0.0262. The zero-order valence-corrected chi connectivity index (χ0v) is 44.8. The first-order chi connectivity index (χ1) is 36.0. The summed E-state index contributed by atoms with van der Waals surface area (Å²) >= 11 is 11.8. The first-order valence-electron chi connectivity index (χ1n) is 26.7. The predicted octanol–water partition coefficient (Wildman–Crippen LogP) is 14.3. The van der Waals surface area contributed by atoms with Crippen LogP contribution < -0.4 is 9.47 Å².